The van der Waals surface area contributed by atoms with Crippen LogP contribution in [0.4, 0.5) is 0 Å². The lowest BCUT2D eigenvalue weighted by Crippen LogP contribution is -2.23. The summed E-state index contributed by atoms with van der Waals surface area (Å²) in [4.78, 5) is 12.2. The predicted molar refractivity (Wildman–Crippen MR) is 88.7 cm³/mol. The fourth-order valence-electron chi connectivity index (χ4n) is 2.03. The van der Waals surface area contributed by atoms with Gasteiger partial charge in [-0.05, 0) is 29.8 Å². The van der Waals surface area contributed by atoms with Crippen LogP contribution in [0, 0.1) is 0 Å². The van der Waals surface area contributed by atoms with Crippen molar-refractivity contribution in [2.24, 2.45) is 0 Å². The summed E-state index contributed by atoms with van der Waals surface area (Å²) in [7, 11) is -2.13. The molecule has 7 heteroatoms. The number of carbonyl (C=O) groups is 1. The molecule has 1 amide bonds. The topological polar surface area (TPSA) is 72.5 Å². The normalized spacial score (nSPS) is 11.1. The second kappa shape index (κ2) is 7.02. The standard InChI is InChI=1S/C16H16ClNO4S/c1-22-14-8-7-11(9-15(14)23(2,20)21)16(19)18-10-12-5-3-4-6-13(12)17/h3-9H,10H2,1-2H3,(H,18,19). The Bertz CT molecular complexity index is 834. The van der Waals surface area contributed by atoms with Crippen LogP contribution in [0.15, 0.2) is 47.4 Å². The highest BCUT2D eigenvalue weighted by molar-refractivity contribution is 7.90. The molecule has 2 aromatic rings. The predicted octanol–water partition coefficient (Wildman–Crippen LogP) is 2.68. The van der Waals surface area contributed by atoms with Crippen molar-refractivity contribution in [3.63, 3.8) is 0 Å². The highest BCUT2D eigenvalue weighted by Gasteiger charge is 2.17. The van der Waals surface area contributed by atoms with E-state index in [-0.39, 0.29) is 22.8 Å². The Balaban J connectivity index is 2.22. The van der Waals surface area contributed by atoms with Gasteiger partial charge < -0.3 is 10.1 Å². The van der Waals surface area contributed by atoms with E-state index in [4.69, 9.17) is 16.3 Å². The van der Waals surface area contributed by atoms with Crippen LogP contribution in [-0.2, 0) is 16.4 Å². The van der Waals surface area contributed by atoms with Crippen molar-refractivity contribution < 1.29 is 17.9 Å². The molecule has 2 aromatic carbocycles. The summed E-state index contributed by atoms with van der Waals surface area (Å²) in [5.74, 6) is -0.187. The highest BCUT2D eigenvalue weighted by Crippen LogP contribution is 2.25. The lowest BCUT2D eigenvalue weighted by atomic mass is 10.2. The smallest absolute Gasteiger partial charge is 0.251 e. The van der Waals surface area contributed by atoms with Gasteiger partial charge >= 0.3 is 0 Å². The molecule has 0 aliphatic carbocycles. The van der Waals surface area contributed by atoms with Crippen molar-refractivity contribution in [2.75, 3.05) is 13.4 Å². The molecule has 0 aliphatic heterocycles. The van der Waals surface area contributed by atoms with E-state index in [0.29, 0.717) is 5.02 Å². The average Bonchev–Trinajstić information content (AvgIpc) is 2.52. The number of halogens is 1. The van der Waals surface area contributed by atoms with Gasteiger partial charge in [0.2, 0.25) is 0 Å². The number of hydrogen-bond acceptors (Lipinski definition) is 4. The largest absolute Gasteiger partial charge is 0.495 e. The minimum Gasteiger partial charge on any atom is -0.495 e. The molecule has 0 saturated carbocycles. The number of rotatable bonds is 5. The zero-order valence-corrected chi connectivity index (χ0v) is 14.2. The van der Waals surface area contributed by atoms with Crippen molar-refractivity contribution in [1.29, 1.82) is 0 Å². The third kappa shape index (κ3) is 4.24. The SMILES string of the molecule is COc1ccc(C(=O)NCc2ccccc2Cl)cc1S(C)(=O)=O. The molecule has 0 aromatic heterocycles. The Morgan fingerprint density at radius 2 is 1.91 bits per heavy atom. The van der Waals surface area contributed by atoms with Crippen LogP contribution in [0.2, 0.25) is 5.02 Å². The van der Waals surface area contributed by atoms with E-state index >= 15 is 0 Å². The van der Waals surface area contributed by atoms with Gasteiger partial charge in [-0.3, -0.25) is 4.79 Å². The summed E-state index contributed by atoms with van der Waals surface area (Å²) >= 11 is 6.03. The lowest BCUT2D eigenvalue weighted by Gasteiger charge is -2.10. The van der Waals surface area contributed by atoms with Crippen molar-refractivity contribution in [2.45, 2.75) is 11.4 Å². The molecule has 122 valence electrons. The number of carbonyl (C=O) groups excluding carboxylic acids is 1. The minimum absolute atomic E-state index is 0.0228. The third-order valence-corrected chi connectivity index (χ3v) is 4.71. The first kappa shape index (κ1) is 17.3. The monoisotopic (exact) mass is 353 g/mol. The molecule has 5 nitrogen and oxygen atoms in total. The van der Waals surface area contributed by atoms with Crippen LogP contribution < -0.4 is 10.1 Å². The quantitative estimate of drug-likeness (QED) is 0.897. The van der Waals surface area contributed by atoms with Crippen molar-refractivity contribution in [1.82, 2.24) is 5.32 Å². The van der Waals surface area contributed by atoms with Gasteiger partial charge in [0, 0.05) is 23.4 Å². The minimum atomic E-state index is -3.50. The van der Waals surface area contributed by atoms with Crippen molar-refractivity contribution >= 4 is 27.3 Å². The second-order valence-corrected chi connectivity index (χ2v) is 7.30. The van der Waals surface area contributed by atoms with Crippen LogP contribution in [0.1, 0.15) is 15.9 Å². The maximum atomic E-state index is 12.2. The van der Waals surface area contributed by atoms with Crippen LogP contribution in [-0.4, -0.2) is 27.7 Å². The van der Waals surface area contributed by atoms with Gasteiger partial charge in [-0.1, -0.05) is 29.8 Å². The summed E-state index contributed by atoms with van der Waals surface area (Å²) in [6.07, 6.45) is 1.07. The number of nitrogens with one attached hydrogen (secondary N) is 1. The molecule has 0 aliphatic rings. The van der Waals surface area contributed by atoms with Gasteiger partial charge in [-0.2, -0.15) is 0 Å². The summed E-state index contributed by atoms with van der Waals surface area (Å²) in [6.45, 7) is 0.249. The van der Waals surface area contributed by atoms with Gasteiger partial charge in [0.15, 0.2) is 9.84 Å². The van der Waals surface area contributed by atoms with E-state index in [0.717, 1.165) is 11.8 Å². The van der Waals surface area contributed by atoms with E-state index in [2.05, 4.69) is 5.32 Å². The van der Waals surface area contributed by atoms with Gasteiger partial charge in [-0.25, -0.2) is 8.42 Å². The summed E-state index contributed by atoms with van der Waals surface area (Å²) in [5.41, 5.74) is 1.01. The Labute approximate surface area is 140 Å². The maximum absolute atomic E-state index is 12.2. The molecule has 0 saturated heterocycles. The summed E-state index contributed by atoms with van der Waals surface area (Å²) in [6, 6.07) is 11.4. The third-order valence-electron chi connectivity index (χ3n) is 3.22. The Morgan fingerprint density at radius 3 is 2.52 bits per heavy atom. The number of sulfone groups is 1. The first-order valence-corrected chi connectivity index (χ1v) is 8.99. The Hall–Kier alpha value is -2.05. The van der Waals surface area contributed by atoms with Gasteiger partial charge in [-0.15, -0.1) is 0 Å². The van der Waals surface area contributed by atoms with E-state index < -0.39 is 15.7 Å². The lowest BCUT2D eigenvalue weighted by molar-refractivity contribution is 0.0950. The van der Waals surface area contributed by atoms with E-state index in [1.165, 1.54) is 25.3 Å². The fourth-order valence-corrected chi connectivity index (χ4v) is 3.09. The van der Waals surface area contributed by atoms with Gasteiger partial charge in [0.1, 0.15) is 10.6 Å². The highest BCUT2D eigenvalue weighted by atomic mass is 35.5. The number of benzene rings is 2. The van der Waals surface area contributed by atoms with E-state index in [1.807, 2.05) is 6.07 Å². The molecule has 0 radical (unpaired) electrons. The van der Waals surface area contributed by atoms with Crippen LogP contribution in [0.5, 0.6) is 5.75 Å². The zero-order chi connectivity index (χ0) is 17.0. The van der Waals surface area contributed by atoms with Crippen molar-refractivity contribution in [3.05, 3.63) is 58.6 Å². The van der Waals surface area contributed by atoms with Crippen LogP contribution in [0.3, 0.4) is 0 Å². The number of ether oxygens (including phenoxy) is 1. The molecule has 0 spiro atoms. The van der Waals surface area contributed by atoms with Gasteiger partial charge in [0.05, 0.1) is 7.11 Å². The summed E-state index contributed by atoms with van der Waals surface area (Å²) < 4.78 is 28.6. The van der Waals surface area contributed by atoms with Crippen LogP contribution >= 0.6 is 11.6 Å². The first-order valence-electron chi connectivity index (χ1n) is 6.72. The molecule has 0 fully saturated rings. The maximum Gasteiger partial charge on any atom is 0.251 e. The molecular formula is C16H16ClNO4S. The first-order chi connectivity index (χ1) is 10.8. The molecule has 1 N–H and O–H groups in total. The molecule has 23 heavy (non-hydrogen) atoms. The van der Waals surface area contributed by atoms with Crippen molar-refractivity contribution in [3.8, 4) is 5.75 Å². The fraction of sp³-hybridized carbons (Fsp3) is 0.188. The van der Waals surface area contributed by atoms with E-state index in [9.17, 15) is 13.2 Å². The van der Waals surface area contributed by atoms with Gasteiger partial charge in [0.25, 0.3) is 5.91 Å². The van der Waals surface area contributed by atoms with E-state index in [1.54, 1.807) is 18.2 Å². The Morgan fingerprint density at radius 1 is 1.22 bits per heavy atom. The molecule has 2 rings (SSSR count). The number of hydrogen-bond donors (Lipinski definition) is 1. The second-order valence-electron chi connectivity index (χ2n) is 4.91. The molecule has 0 heterocycles. The molecular weight excluding hydrogens is 338 g/mol. The van der Waals surface area contributed by atoms with Crippen LogP contribution in [0.25, 0.3) is 0 Å². The number of amides is 1. The molecule has 0 bridgehead atoms. The summed E-state index contributed by atoms with van der Waals surface area (Å²) in [5, 5.41) is 3.27. The molecule has 0 atom stereocenters. The molecule has 0 unspecified atom stereocenters. The average molecular weight is 354 g/mol. The Kier molecular flexibility index (Phi) is 5.28. The number of methoxy groups -OCH3 is 1. The zero-order valence-electron chi connectivity index (χ0n) is 12.7.